The first-order valence-corrected chi connectivity index (χ1v) is 5.82. The Bertz CT molecular complexity index is 635. The van der Waals surface area contributed by atoms with Gasteiger partial charge in [0.25, 0.3) is 0 Å². The van der Waals surface area contributed by atoms with Gasteiger partial charge >= 0.3 is 0 Å². The van der Waals surface area contributed by atoms with Crippen molar-refractivity contribution in [3.8, 4) is 6.07 Å². The van der Waals surface area contributed by atoms with Crippen molar-refractivity contribution in [2.45, 2.75) is 0 Å². The van der Waals surface area contributed by atoms with Crippen molar-refractivity contribution < 1.29 is 8.78 Å². The first-order chi connectivity index (χ1) is 8.61. The summed E-state index contributed by atoms with van der Waals surface area (Å²) in [7, 11) is 0. The Balaban J connectivity index is 2.43. The van der Waals surface area contributed by atoms with Crippen LogP contribution in [0, 0.1) is 23.0 Å². The molecule has 0 saturated heterocycles. The van der Waals surface area contributed by atoms with Crippen LogP contribution < -0.4 is 5.32 Å². The molecule has 2 rings (SSSR count). The zero-order valence-electron chi connectivity index (χ0n) is 9.05. The monoisotopic (exact) mass is 308 g/mol. The number of nitrogens with one attached hydrogen (secondary N) is 1. The molecule has 2 nitrogen and oxygen atoms in total. The third-order valence-electron chi connectivity index (χ3n) is 2.32. The fourth-order valence-electron chi connectivity index (χ4n) is 1.46. The number of nitrogens with zero attached hydrogens (tertiary/aromatic N) is 1. The lowest BCUT2D eigenvalue weighted by molar-refractivity contribution is 0.512. The van der Waals surface area contributed by atoms with E-state index >= 15 is 0 Å². The van der Waals surface area contributed by atoms with Gasteiger partial charge in [-0.3, -0.25) is 0 Å². The van der Waals surface area contributed by atoms with Crippen LogP contribution in [-0.4, -0.2) is 0 Å². The van der Waals surface area contributed by atoms with Crippen molar-refractivity contribution in [2.75, 3.05) is 5.32 Å². The SMILES string of the molecule is N#Cc1ccc(Br)cc1Nc1cccc(F)c1F. The smallest absolute Gasteiger partial charge is 0.182 e. The second-order valence-electron chi connectivity index (χ2n) is 3.53. The molecule has 1 N–H and O–H groups in total. The van der Waals surface area contributed by atoms with Gasteiger partial charge in [-0.25, -0.2) is 8.78 Å². The first-order valence-electron chi connectivity index (χ1n) is 5.02. The molecule has 0 bridgehead atoms. The minimum atomic E-state index is -0.971. The summed E-state index contributed by atoms with van der Waals surface area (Å²) in [5.41, 5.74) is 0.753. The van der Waals surface area contributed by atoms with Crippen molar-refractivity contribution in [2.24, 2.45) is 0 Å². The highest BCUT2D eigenvalue weighted by molar-refractivity contribution is 9.10. The van der Waals surface area contributed by atoms with Gasteiger partial charge in [0, 0.05) is 4.47 Å². The van der Waals surface area contributed by atoms with E-state index in [1.807, 2.05) is 6.07 Å². The van der Waals surface area contributed by atoms with E-state index < -0.39 is 11.6 Å². The van der Waals surface area contributed by atoms with Crippen molar-refractivity contribution >= 4 is 27.3 Å². The van der Waals surface area contributed by atoms with Crippen molar-refractivity contribution in [1.29, 1.82) is 5.26 Å². The van der Waals surface area contributed by atoms with Gasteiger partial charge in [0.05, 0.1) is 16.9 Å². The Kier molecular flexibility index (Phi) is 3.58. The summed E-state index contributed by atoms with van der Waals surface area (Å²) in [6.45, 7) is 0. The molecular formula is C13H7BrF2N2. The van der Waals surface area contributed by atoms with Gasteiger partial charge in [0.2, 0.25) is 0 Å². The first kappa shape index (κ1) is 12.5. The normalized spacial score (nSPS) is 9.89. The molecule has 0 heterocycles. The number of rotatable bonds is 2. The van der Waals surface area contributed by atoms with Gasteiger partial charge in [0.1, 0.15) is 6.07 Å². The highest BCUT2D eigenvalue weighted by Crippen LogP contribution is 2.26. The Labute approximate surface area is 111 Å². The molecule has 0 aliphatic carbocycles. The quantitative estimate of drug-likeness (QED) is 0.895. The molecular weight excluding hydrogens is 302 g/mol. The van der Waals surface area contributed by atoms with Crippen LogP contribution in [0.15, 0.2) is 40.9 Å². The molecule has 2 aromatic rings. The molecule has 0 atom stereocenters. The van der Waals surface area contributed by atoms with E-state index in [1.54, 1.807) is 18.2 Å². The van der Waals surface area contributed by atoms with Crippen LogP contribution in [0.3, 0.4) is 0 Å². The lowest BCUT2D eigenvalue weighted by Gasteiger charge is -2.09. The average molecular weight is 309 g/mol. The molecule has 18 heavy (non-hydrogen) atoms. The second kappa shape index (κ2) is 5.15. The largest absolute Gasteiger partial charge is 0.352 e. The zero-order valence-corrected chi connectivity index (χ0v) is 10.6. The average Bonchev–Trinajstić information content (AvgIpc) is 2.35. The number of nitriles is 1. The third-order valence-corrected chi connectivity index (χ3v) is 2.82. The standard InChI is InChI=1S/C13H7BrF2N2/c14-9-5-4-8(7-17)12(6-9)18-11-3-1-2-10(15)13(11)16/h1-6,18H. The van der Waals surface area contributed by atoms with Crippen LogP contribution in [0.25, 0.3) is 0 Å². The maximum Gasteiger partial charge on any atom is 0.182 e. The molecule has 0 amide bonds. The van der Waals surface area contributed by atoms with Crippen LogP contribution in [0.2, 0.25) is 0 Å². The van der Waals surface area contributed by atoms with Crippen molar-refractivity contribution in [3.63, 3.8) is 0 Å². The summed E-state index contributed by atoms with van der Waals surface area (Å²) < 4.78 is 27.3. The van der Waals surface area contributed by atoms with E-state index in [1.165, 1.54) is 12.1 Å². The van der Waals surface area contributed by atoms with Crippen LogP contribution in [-0.2, 0) is 0 Å². The summed E-state index contributed by atoms with van der Waals surface area (Å²) in [4.78, 5) is 0. The van der Waals surface area contributed by atoms with Gasteiger partial charge in [0.15, 0.2) is 11.6 Å². The van der Waals surface area contributed by atoms with Crippen molar-refractivity contribution in [1.82, 2.24) is 0 Å². The number of halogens is 3. The number of anilines is 2. The third kappa shape index (κ3) is 2.49. The summed E-state index contributed by atoms with van der Waals surface area (Å²) in [5.74, 6) is -1.91. The summed E-state index contributed by atoms with van der Waals surface area (Å²) in [5, 5.41) is 11.6. The predicted molar refractivity (Wildman–Crippen MR) is 68.5 cm³/mol. The highest BCUT2D eigenvalue weighted by atomic mass is 79.9. The number of benzene rings is 2. The van der Waals surface area contributed by atoms with Crippen LogP contribution in [0.5, 0.6) is 0 Å². The molecule has 0 spiro atoms. The Morgan fingerprint density at radius 2 is 1.89 bits per heavy atom. The predicted octanol–water partition coefficient (Wildman–Crippen LogP) is 4.34. The molecule has 0 saturated carbocycles. The van der Waals surface area contributed by atoms with E-state index in [0.717, 1.165) is 10.5 Å². The molecule has 2 aromatic carbocycles. The minimum absolute atomic E-state index is 0.00963. The van der Waals surface area contributed by atoms with Crippen LogP contribution in [0.1, 0.15) is 5.56 Å². The van der Waals surface area contributed by atoms with Gasteiger partial charge in [-0.1, -0.05) is 22.0 Å². The lowest BCUT2D eigenvalue weighted by atomic mass is 10.2. The van der Waals surface area contributed by atoms with Gasteiger partial charge in [-0.05, 0) is 30.3 Å². The molecule has 0 aliphatic heterocycles. The summed E-state index contributed by atoms with van der Waals surface area (Å²) in [6, 6.07) is 10.7. The maximum absolute atomic E-state index is 13.5. The highest BCUT2D eigenvalue weighted by Gasteiger charge is 2.10. The lowest BCUT2D eigenvalue weighted by Crippen LogP contribution is -1.98. The zero-order chi connectivity index (χ0) is 13.1. The molecule has 90 valence electrons. The van der Waals surface area contributed by atoms with Crippen LogP contribution >= 0.6 is 15.9 Å². The molecule has 5 heteroatoms. The van der Waals surface area contributed by atoms with E-state index in [9.17, 15) is 8.78 Å². The summed E-state index contributed by atoms with van der Waals surface area (Å²) >= 11 is 3.25. The Morgan fingerprint density at radius 1 is 1.11 bits per heavy atom. The van der Waals surface area contributed by atoms with E-state index in [0.29, 0.717) is 11.3 Å². The topological polar surface area (TPSA) is 35.8 Å². The number of hydrogen-bond acceptors (Lipinski definition) is 2. The van der Waals surface area contributed by atoms with Crippen LogP contribution in [0.4, 0.5) is 20.2 Å². The van der Waals surface area contributed by atoms with Gasteiger partial charge < -0.3 is 5.32 Å². The van der Waals surface area contributed by atoms with Gasteiger partial charge in [-0.2, -0.15) is 5.26 Å². The molecule has 0 aromatic heterocycles. The molecule has 0 aliphatic rings. The Hall–Kier alpha value is -1.93. The molecule has 0 fully saturated rings. The summed E-state index contributed by atoms with van der Waals surface area (Å²) in [6.07, 6.45) is 0. The number of hydrogen-bond donors (Lipinski definition) is 1. The van der Waals surface area contributed by atoms with E-state index in [4.69, 9.17) is 5.26 Å². The van der Waals surface area contributed by atoms with Gasteiger partial charge in [-0.15, -0.1) is 0 Å². The molecule has 0 unspecified atom stereocenters. The maximum atomic E-state index is 13.5. The van der Waals surface area contributed by atoms with E-state index in [-0.39, 0.29) is 5.69 Å². The fraction of sp³-hybridized carbons (Fsp3) is 0. The fourth-order valence-corrected chi connectivity index (χ4v) is 1.82. The molecule has 0 radical (unpaired) electrons. The Morgan fingerprint density at radius 3 is 2.61 bits per heavy atom. The minimum Gasteiger partial charge on any atom is -0.352 e. The second-order valence-corrected chi connectivity index (χ2v) is 4.44. The van der Waals surface area contributed by atoms with Crippen molar-refractivity contribution in [3.05, 3.63) is 58.1 Å². The van der Waals surface area contributed by atoms with E-state index in [2.05, 4.69) is 21.2 Å².